The van der Waals surface area contributed by atoms with E-state index >= 15 is 0 Å². The smallest absolute Gasteiger partial charge is 0.252 e. The van der Waals surface area contributed by atoms with Crippen molar-refractivity contribution in [1.29, 1.82) is 0 Å². The van der Waals surface area contributed by atoms with Crippen LogP contribution in [-0.4, -0.2) is 49.3 Å². The van der Waals surface area contributed by atoms with E-state index in [9.17, 15) is 9.90 Å². The van der Waals surface area contributed by atoms with Crippen LogP contribution in [0.3, 0.4) is 0 Å². The number of benzene rings is 2. The average Bonchev–Trinajstić information content (AvgIpc) is 3.55. The van der Waals surface area contributed by atoms with Crippen molar-refractivity contribution < 1.29 is 24.1 Å². The van der Waals surface area contributed by atoms with E-state index in [1.54, 1.807) is 56.5 Å². The standard InChI is InChI=1S/C23H24N4O5S/c1-30-19-8-13(9-20(31-2)21(19)32-3)11-25-27-17(12-33-23(27)26-15-5-6-15)14-4-7-18(28)16(10-14)22(24)29/h4,7-12,15,28H,5-6H2,1-3H3,(H2,24,29)/b25-11-,26-23?. The number of amides is 1. The number of nitrogens with two attached hydrogens (primary N) is 1. The molecule has 0 aliphatic heterocycles. The monoisotopic (exact) mass is 468 g/mol. The number of aromatic hydroxyl groups is 1. The van der Waals surface area contributed by atoms with Gasteiger partial charge in [-0.25, -0.2) is 4.68 Å². The average molecular weight is 469 g/mol. The van der Waals surface area contributed by atoms with Gasteiger partial charge in [0.2, 0.25) is 10.6 Å². The Balaban J connectivity index is 1.81. The number of rotatable bonds is 8. The van der Waals surface area contributed by atoms with Gasteiger partial charge in [0.1, 0.15) is 5.75 Å². The Morgan fingerprint density at radius 2 is 1.85 bits per heavy atom. The highest BCUT2D eigenvalue weighted by molar-refractivity contribution is 7.07. The van der Waals surface area contributed by atoms with E-state index in [0.29, 0.717) is 34.5 Å². The first-order valence-corrected chi connectivity index (χ1v) is 11.0. The van der Waals surface area contributed by atoms with Crippen LogP contribution in [0.5, 0.6) is 23.0 Å². The number of thiazole rings is 1. The number of carbonyl (C=O) groups is 1. The van der Waals surface area contributed by atoms with Gasteiger partial charge in [-0.05, 0) is 43.2 Å². The highest BCUT2D eigenvalue weighted by Gasteiger charge is 2.21. The minimum absolute atomic E-state index is 0.0412. The Morgan fingerprint density at radius 3 is 2.42 bits per heavy atom. The summed E-state index contributed by atoms with van der Waals surface area (Å²) >= 11 is 1.45. The maximum atomic E-state index is 11.7. The van der Waals surface area contributed by atoms with Crippen LogP contribution in [0.25, 0.3) is 11.3 Å². The molecule has 0 radical (unpaired) electrons. The molecule has 0 bridgehead atoms. The first-order valence-electron chi connectivity index (χ1n) is 10.2. The Morgan fingerprint density at radius 1 is 1.15 bits per heavy atom. The highest BCUT2D eigenvalue weighted by atomic mass is 32.1. The predicted molar refractivity (Wildman–Crippen MR) is 126 cm³/mol. The van der Waals surface area contributed by atoms with Crippen LogP contribution in [0, 0.1) is 0 Å². The molecule has 172 valence electrons. The first-order chi connectivity index (χ1) is 15.9. The summed E-state index contributed by atoms with van der Waals surface area (Å²) in [5.74, 6) is 0.646. The number of phenols is 1. The lowest BCUT2D eigenvalue weighted by molar-refractivity contribution is 0.0998. The second-order valence-corrected chi connectivity index (χ2v) is 8.21. The van der Waals surface area contributed by atoms with Crippen LogP contribution in [-0.2, 0) is 0 Å². The van der Waals surface area contributed by atoms with Crippen molar-refractivity contribution in [1.82, 2.24) is 4.68 Å². The van der Waals surface area contributed by atoms with E-state index in [0.717, 1.165) is 23.2 Å². The third kappa shape index (κ3) is 4.70. The Labute approximate surface area is 194 Å². The summed E-state index contributed by atoms with van der Waals surface area (Å²) < 4.78 is 17.9. The fourth-order valence-corrected chi connectivity index (χ4v) is 4.16. The molecular formula is C23H24N4O5S. The molecule has 0 unspecified atom stereocenters. The number of methoxy groups -OCH3 is 3. The number of hydrogen-bond acceptors (Lipinski definition) is 8. The molecule has 4 rings (SSSR count). The molecule has 9 nitrogen and oxygen atoms in total. The molecule has 0 spiro atoms. The zero-order chi connectivity index (χ0) is 23.5. The van der Waals surface area contributed by atoms with Gasteiger partial charge >= 0.3 is 0 Å². The van der Waals surface area contributed by atoms with E-state index in [1.807, 2.05) is 5.38 Å². The summed E-state index contributed by atoms with van der Waals surface area (Å²) in [6.45, 7) is 0. The van der Waals surface area contributed by atoms with E-state index in [-0.39, 0.29) is 11.3 Å². The highest BCUT2D eigenvalue weighted by Crippen LogP contribution is 2.37. The number of hydrogen-bond donors (Lipinski definition) is 2. The molecule has 1 aliphatic rings. The zero-order valence-corrected chi connectivity index (χ0v) is 19.3. The van der Waals surface area contributed by atoms with Crippen LogP contribution in [0.15, 0.2) is 45.8 Å². The maximum Gasteiger partial charge on any atom is 0.252 e. The number of aromatic nitrogens is 1. The summed E-state index contributed by atoms with van der Waals surface area (Å²) in [6.07, 6.45) is 3.77. The minimum atomic E-state index is -0.708. The fourth-order valence-electron chi connectivity index (χ4n) is 3.25. The first kappa shape index (κ1) is 22.4. The van der Waals surface area contributed by atoms with Gasteiger partial charge in [-0.3, -0.25) is 9.79 Å². The summed E-state index contributed by atoms with van der Waals surface area (Å²) in [7, 11) is 4.65. The molecule has 3 aromatic rings. The number of nitrogens with zero attached hydrogens (tertiary/aromatic N) is 3. The molecular weight excluding hydrogens is 444 g/mol. The minimum Gasteiger partial charge on any atom is -0.507 e. The molecule has 0 saturated heterocycles. The van der Waals surface area contributed by atoms with Crippen molar-refractivity contribution in [2.45, 2.75) is 18.9 Å². The third-order valence-corrected chi connectivity index (χ3v) is 5.92. The summed E-state index contributed by atoms with van der Waals surface area (Å²) in [5.41, 5.74) is 7.57. The third-order valence-electron chi connectivity index (χ3n) is 5.09. The molecule has 1 heterocycles. The van der Waals surface area contributed by atoms with E-state index < -0.39 is 5.91 Å². The van der Waals surface area contributed by atoms with Crippen molar-refractivity contribution in [3.05, 3.63) is 51.6 Å². The lowest BCUT2D eigenvalue weighted by atomic mass is 10.1. The topological polar surface area (TPSA) is 121 Å². The predicted octanol–water partition coefficient (Wildman–Crippen LogP) is 2.99. The fraction of sp³-hybridized carbons (Fsp3) is 0.261. The summed E-state index contributed by atoms with van der Waals surface area (Å²) in [6, 6.07) is 8.57. The van der Waals surface area contributed by atoms with Crippen molar-refractivity contribution in [2.24, 2.45) is 15.8 Å². The Kier molecular flexibility index (Phi) is 6.36. The van der Waals surface area contributed by atoms with Crippen LogP contribution in [0.4, 0.5) is 0 Å². The van der Waals surface area contributed by atoms with Crippen LogP contribution < -0.4 is 24.7 Å². The number of carbonyl (C=O) groups excluding carboxylic acids is 1. The summed E-state index contributed by atoms with van der Waals surface area (Å²) in [4.78, 5) is 17.2. The van der Waals surface area contributed by atoms with Crippen LogP contribution >= 0.6 is 11.3 Å². The summed E-state index contributed by atoms with van der Waals surface area (Å²) in [5, 5.41) is 16.5. The quantitative estimate of drug-likeness (QED) is 0.493. The number of primary amides is 1. The van der Waals surface area contributed by atoms with Gasteiger partial charge in [0.05, 0.1) is 44.8 Å². The van der Waals surface area contributed by atoms with Crippen molar-refractivity contribution in [3.63, 3.8) is 0 Å². The SMILES string of the molecule is COc1cc(/C=N\n2c(-c3ccc(O)c(C(N)=O)c3)csc2=NC2CC2)cc(OC)c1OC. The van der Waals surface area contributed by atoms with Gasteiger partial charge < -0.3 is 25.1 Å². The molecule has 3 N–H and O–H groups in total. The molecule has 1 aromatic heterocycles. The van der Waals surface area contributed by atoms with Crippen LogP contribution in [0.2, 0.25) is 0 Å². The molecule has 1 fully saturated rings. The van der Waals surface area contributed by atoms with Crippen molar-refractivity contribution in [2.75, 3.05) is 21.3 Å². The lowest BCUT2D eigenvalue weighted by Crippen LogP contribution is -2.14. The molecule has 1 saturated carbocycles. The van der Waals surface area contributed by atoms with E-state index in [1.165, 1.54) is 17.4 Å². The lowest BCUT2D eigenvalue weighted by Gasteiger charge is -2.12. The van der Waals surface area contributed by atoms with Gasteiger partial charge in [-0.2, -0.15) is 5.10 Å². The Bertz CT molecular complexity index is 1270. The zero-order valence-electron chi connectivity index (χ0n) is 18.4. The van der Waals surface area contributed by atoms with Gasteiger partial charge in [0, 0.05) is 16.5 Å². The van der Waals surface area contributed by atoms with Gasteiger partial charge in [0.15, 0.2) is 11.5 Å². The molecule has 2 aromatic carbocycles. The molecule has 0 atom stereocenters. The molecule has 1 amide bonds. The normalized spacial score (nSPS) is 14.0. The molecule has 1 aliphatic carbocycles. The van der Waals surface area contributed by atoms with Crippen LogP contribution in [0.1, 0.15) is 28.8 Å². The van der Waals surface area contributed by atoms with E-state index in [2.05, 4.69) is 5.10 Å². The number of ether oxygens (including phenoxy) is 3. The van der Waals surface area contributed by atoms with Gasteiger partial charge in [-0.15, -0.1) is 11.3 Å². The maximum absolute atomic E-state index is 11.7. The van der Waals surface area contributed by atoms with Gasteiger partial charge in [-0.1, -0.05) is 0 Å². The molecule has 10 heteroatoms. The largest absolute Gasteiger partial charge is 0.507 e. The second-order valence-electron chi connectivity index (χ2n) is 7.38. The van der Waals surface area contributed by atoms with Gasteiger partial charge in [0.25, 0.3) is 5.91 Å². The van der Waals surface area contributed by atoms with E-state index in [4.69, 9.17) is 24.9 Å². The molecule has 33 heavy (non-hydrogen) atoms. The van der Waals surface area contributed by atoms with Crippen molar-refractivity contribution in [3.8, 4) is 34.3 Å². The van der Waals surface area contributed by atoms with Crippen molar-refractivity contribution >= 4 is 23.5 Å². The Hall–Kier alpha value is -3.79. The second kappa shape index (κ2) is 9.37.